The summed E-state index contributed by atoms with van der Waals surface area (Å²) in [6.45, 7) is 0. The molecule has 0 aliphatic heterocycles. The maximum Gasteiger partial charge on any atom is 0.118 e. The van der Waals surface area contributed by atoms with Crippen LogP contribution >= 0.6 is 102 Å². The Morgan fingerprint density at radius 3 is 1.01 bits per heavy atom. The molecule has 32 rings (SSSR count). The van der Waals surface area contributed by atoms with Crippen LogP contribution in [0.25, 0.3) is 289 Å². The van der Waals surface area contributed by atoms with Crippen LogP contribution in [0.15, 0.2) is 415 Å². The van der Waals surface area contributed by atoms with Crippen molar-refractivity contribution in [3.63, 3.8) is 0 Å². The molecule has 0 N–H and O–H groups in total. The smallest absolute Gasteiger partial charge is 0.118 e. The van der Waals surface area contributed by atoms with Gasteiger partial charge < -0.3 is 9.30 Å². The molecule has 21 aromatic carbocycles. The van der Waals surface area contributed by atoms with E-state index in [4.69, 9.17) is 4.74 Å². The molecule has 0 aliphatic rings. The predicted octanol–water partition coefficient (Wildman–Crippen LogP) is 40.7. The molecular formula is C126H72N2OS9. The minimum Gasteiger partial charge on any atom is -0.497 e. The third-order valence-corrected chi connectivity index (χ3v) is 37.2. The highest BCUT2D eigenvalue weighted by molar-refractivity contribution is 7.27. The Morgan fingerprint density at radius 1 is 0.203 bits per heavy atom. The van der Waals surface area contributed by atoms with Gasteiger partial charge in [-0.2, -0.15) is 0 Å². The molecule has 11 heterocycles. The van der Waals surface area contributed by atoms with E-state index < -0.39 is 0 Å². The number of methoxy groups -OCH3 is 1. The lowest BCUT2D eigenvalue weighted by atomic mass is 9.91. The normalized spacial score (nSPS) is 12.1. The second kappa shape index (κ2) is 32.1. The Balaban J connectivity index is 0.0000000896. The van der Waals surface area contributed by atoms with Crippen LogP contribution in [-0.2, 0) is 0 Å². The van der Waals surface area contributed by atoms with Crippen molar-refractivity contribution in [2.24, 2.45) is 0 Å². The molecule has 32 aromatic rings. The van der Waals surface area contributed by atoms with E-state index in [1.54, 1.807) is 29.8 Å². The van der Waals surface area contributed by atoms with E-state index in [2.05, 4.69) is 394 Å². The van der Waals surface area contributed by atoms with E-state index in [1.807, 2.05) is 110 Å². The summed E-state index contributed by atoms with van der Waals surface area (Å²) in [5, 5.41) is 52.1. The summed E-state index contributed by atoms with van der Waals surface area (Å²) in [5.74, 6) is 0.880. The van der Waals surface area contributed by atoms with Crippen LogP contribution in [0.4, 0.5) is 0 Å². The standard InChI is InChI=1S/C40H23NS2.C30H16S3.C29H18OS2.C27H15NS2/c1-2-8-27(9-3-1)41-36-12-6-4-10-28(36)34-18-24(14-15-37(34)41)30-20-26-21-39-25(16-17-42-39)19-31(26)33-23-40-35(22-32(30)33)29-11-5-7-13-38(29)43-40;1-3-7-27-20(6-1)26(16-32-27)22-12-18-13-29-17(9-10-31-29)11-21(18)24-15-30-25(14-23(22)24)19-5-2-4-8-28(19)33-30;1-30-20-8-6-17(7-9-20)22-13-19-14-28-18(10-11-31-28)12-23(19)25-16-29-26(15-24(22)25)21-4-2-3-5-27(21)32-29;1-2-6-25-19(5-1)24-13-22-20(17-4-3-8-28-15-17)11-18-12-26-16(7-9-29-26)10-21(18)23(22)14-27(24)30-25/h1-23H;1-16H;2-16H,1H3;1-15H. The highest BCUT2D eigenvalue weighted by Gasteiger charge is 2.24. The van der Waals surface area contributed by atoms with Crippen molar-refractivity contribution in [1.29, 1.82) is 0 Å². The van der Waals surface area contributed by atoms with Gasteiger partial charge in [-0.1, -0.05) is 152 Å². The maximum atomic E-state index is 5.40. The number of ether oxygens (including phenoxy) is 1. The number of aromatic nitrogens is 2. The van der Waals surface area contributed by atoms with Crippen LogP contribution in [0.2, 0.25) is 0 Å². The molecule has 12 heteroatoms. The third kappa shape index (κ3) is 13.1. The van der Waals surface area contributed by atoms with Crippen molar-refractivity contribution < 1.29 is 4.74 Å². The highest BCUT2D eigenvalue weighted by atomic mass is 32.1. The fourth-order valence-corrected chi connectivity index (χ4v) is 30.5. The van der Waals surface area contributed by atoms with Crippen molar-refractivity contribution in [3.05, 3.63) is 415 Å². The number of pyridine rings is 1. The number of nitrogens with zero attached hydrogens (tertiary/aromatic N) is 2. The summed E-state index contributed by atoms with van der Waals surface area (Å²) in [6, 6.07) is 140. The van der Waals surface area contributed by atoms with Crippen LogP contribution in [-0.4, -0.2) is 16.7 Å². The van der Waals surface area contributed by atoms with Gasteiger partial charge in [0.15, 0.2) is 0 Å². The molecule has 0 unspecified atom stereocenters. The van der Waals surface area contributed by atoms with Crippen molar-refractivity contribution in [2.45, 2.75) is 0 Å². The summed E-state index contributed by atoms with van der Waals surface area (Å²) < 4.78 is 25.3. The van der Waals surface area contributed by atoms with E-state index in [0.717, 1.165) is 11.3 Å². The zero-order valence-corrected chi connectivity index (χ0v) is 81.2. The molecule has 138 heavy (non-hydrogen) atoms. The summed E-state index contributed by atoms with van der Waals surface area (Å²) in [4.78, 5) is 4.40. The lowest BCUT2D eigenvalue weighted by Crippen LogP contribution is -1.93. The first kappa shape index (κ1) is 80.4. The Bertz CT molecular complexity index is 10700. The second-order valence-electron chi connectivity index (χ2n) is 35.8. The van der Waals surface area contributed by atoms with E-state index in [0.29, 0.717) is 0 Å². The van der Waals surface area contributed by atoms with Crippen LogP contribution < -0.4 is 4.74 Å². The van der Waals surface area contributed by atoms with Gasteiger partial charge in [-0.3, -0.25) is 4.98 Å². The molecule has 0 bridgehead atoms. The predicted molar refractivity (Wildman–Crippen MR) is 615 cm³/mol. The maximum absolute atomic E-state index is 5.40. The molecular weight excluding hydrogens is 1850 g/mol. The first-order valence-electron chi connectivity index (χ1n) is 46.1. The molecule has 0 saturated carbocycles. The SMILES string of the molecule is COc1ccc(-c2cc3cc4sccc4cc3c3cc4sc5ccccc5c4cc23)cc1.c1ccc(-n2c3ccccc3c3cc(-c4cc5cc6sccc6cc5c5cc6sc7ccccc7c6cc45)ccc32)cc1.c1ccc2c(-c3cc4cc5sccc5cc4c4cc5sc6ccccc6c5cc34)csc2c1.c1cncc(-c2cc3cc4sccc4cc3c3cc4sc5ccccc5c4cc23)c1. The molecule has 0 radical (unpaired) electrons. The monoisotopic (exact) mass is 1920 g/mol. The van der Waals surface area contributed by atoms with E-state index in [1.165, 1.54) is 284 Å². The first-order valence-corrected chi connectivity index (χ1v) is 53.8. The second-order valence-corrected chi connectivity index (χ2v) is 44.9. The molecule has 0 fully saturated rings. The molecule has 11 aromatic heterocycles. The van der Waals surface area contributed by atoms with Crippen LogP contribution in [0.5, 0.6) is 5.75 Å². The summed E-state index contributed by atoms with van der Waals surface area (Å²) >= 11 is 16.6. The van der Waals surface area contributed by atoms with E-state index in [9.17, 15) is 0 Å². The largest absolute Gasteiger partial charge is 0.497 e. The van der Waals surface area contributed by atoms with Gasteiger partial charge in [0.25, 0.3) is 0 Å². The summed E-state index contributed by atoms with van der Waals surface area (Å²) in [5.41, 5.74) is 13.7. The number of hydrogen-bond donors (Lipinski definition) is 0. The molecule has 0 spiro atoms. The number of fused-ring (bicyclic) bond motifs is 32. The molecule has 3 nitrogen and oxygen atoms in total. The zero-order valence-electron chi connectivity index (χ0n) is 73.8. The molecule has 646 valence electrons. The van der Waals surface area contributed by atoms with E-state index >= 15 is 0 Å². The van der Waals surface area contributed by atoms with Crippen LogP contribution in [0.1, 0.15) is 0 Å². The topological polar surface area (TPSA) is 27.1 Å². The van der Waals surface area contributed by atoms with Gasteiger partial charge >= 0.3 is 0 Å². The Labute approximate surface area is 825 Å². The number of rotatable bonds is 6. The van der Waals surface area contributed by atoms with Crippen molar-refractivity contribution in [3.8, 4) is 55.9 Å². The van der Waals surface area contributed by atoms with Crippen molar-refractivity contribution >= 4 is 341 Å². The lowest BCUT2D eigenvalue weighted by Gasteiger charge is -2.13. The van der Waals surface area contributed by atoms with Gasteiger partial charge in [0.1, 0.15) is 5.75 Å². The average Bonchev–Trinajstić information content (AvgIpc) is 1.05. The van der Waals surface area contributed by atoms with Gasteiger partial charge in [0.05, 0.1) is 18.1 Å². The van der Waals surface area contributed by atoms with Crippen molar-refractivity contribution in [1.82, 2.24) is 9.55 Å². The van der Waals surface area contributed by atoms with Crippen molar-refractivity contribution in [2.75, 3.05) is 7.11 Å². The number of hydrogen-bond acceptors (Lipinski definition) is 11. The molecule has 0 amide bonds. The first-order chi connectivity index (χ1) is 68.3. The minimum atomic E-state index is 0.880. The minimum absolute atomic E-state index is 0.880. The van der Waals surface area contributed by atoms with Gasteiger partial charge in [-0.15, -0.1) is 102 Å². The Morgan fingerprint density at radius 2 is 0.572 bits per heavy atom. The van der Waals surface area contributed by atoms with Gasteiger partial charge in [-0.05, 0) is 392 Å². The van der Waals surface area contributed by atoms with Crippen LogP contribution in [0, 0.1) is 0 Å². The van der Waals surface area contributed by atoms with E-state index in [-0.39, 0.29) is 0 Å². The Hall–Kier alpha value is -14.9. The fraction of sp³-hybridized carbons (Fsp3) is 0.00794. The summed E-state index contributed by atoms with van der Waals surface area (Å²) in [6.07, 6.45) is 3.81. The fourth-order valence-electron chi connectivity index (χ4n) is 21.7. The third-order valence-electron chi connectivity index (χ3n) is 28.2. The lowest BCUT2D eigenvalue weighted by molar-refractivity contribution is 0.415. The molecule has 0 saturated heterocycles. The van der Waals surface area contributed by atoms with Crippen LogP contribution in [0.3, 0.4) is 0 Å². The highest BCUT2D eigenvalue weighted by Crippen LogP contribution is 2.52. The van der Waals surface area contributed by atoms with Gasteiger partial charge in [0, 0.05) is 150 Å². The molecule has 0 atom stereocenters. The quantitative estimate of drug-likeness (QED) is 0.155. The number of benzene rings is 21. The summed E-state index contributed by atoms with van der Waals surface area (Å²) in [7, 11) is 1.71. The molecule has 0 aliphatic carbocycles. The van der Waals surface area contributed by atoms with Gasteiger partial charge in [-0.25, -0.2) is 0 Å². The number of para-hydroxylation sites is 2. The van der Waals surface area contributed by atoms with Gasteiger partial charge in [0.2, 0.25) is 0 Å². The number of thiophene rings is 9. The average molecular weight is 1920 g/mol. The Kier molecular flexibility index (Phi) is 18.7. The zero-order chi connectivity index (χ0) is 90.5.